The summed E-state index contributed by atoms with van der Waals surface area (Å²) in [6.45, 7) is 2.03. The molecular formula is C22H18Cl2N4O. The van der Waals surface area contributed by atoms with Gasteiger partial charge in [-0.05, 0) is 31.4 Å². The Morgan fingerprint density at radius 1 is 1.10 bits per heavy atom. The fraction of sp³-hybridized carbons (Fsp3) is 0.227. The maximum atomic E-state index is 12.9. The maximum absolute atomic E-state index is 12.9. The quantitative estimate of drug-likeness (QED) is 0.582. The molecule has 1 aromatic heterocycles. The number of hydrogen-bond acceptors (Lipinski definition) is 4. The first kappa shape index (κ1) is 18.4. The fourth-order valence-electron chi connectivity index (χ4n) is 4.11. The van der Waals surface area contributed by atoms with Gasteiger partial charge in [-0.1, -0.05) is 59.6 Å². The first-order chi connectivity index (χ1) is 14.0. The van der Waals surface area contributed by atoms with Crippen molar-refractivity contribution in [3.63, 3.8) is 0 Å². The van der Waals surface area contributed by atoms with E-state index in [-0.39, 0.29) is 5.78 Å². The first-order valence-electron chi connectivity index (χ1n) is 9.54. The fourth-order valence-corrected chi connectivity index (χ4v) is 4.52. The predicted molar refractivity (Wildman–Crippen MR) is 114 cm³/mol. The summed E-state index contributed by atoms with van der Waals surface area (Å²) in [5, 5.41) is 9.02. The summed E-state index contributed by atoms with van der Waals surface area (Å²) in [4.78, 5) is 17.7. The molecule has 2 aliphatic rings. The van der Waals surface area contributed by atoms with Gasteiger partial charge in [-0.15, -0.1) is 5.10 Å². The molecule has 5 rings (SSSR count). The molecule has 2 heterocycles. The maximum Gasteiger partial charge on any atom is 0.226 e. The van der Waals surface area contributed by atoms with Gasteiger partial charge in [-0.3, -0.25) is 4.79 Å². The lowest BCUT2D eigenvalue weighted by atomic mass is 9.85. The summed E-state index contributed by atoms with van der Waals surface area (Å²) in [7, 11) is 0. The van der Waals surface area contributed by atoms with Gasteiger partial charge in [0, 0.05) is 28.8 Å². The highest BCUT2D eigenvalue weighted by Gasteiger charge is 2.38. The van der Waals surface area contributed by atoms with E-state index in [1.165, 1.54) is 0 Å². The minimum Gasteiger partial charge on any atom is -0.328 e. The number of hydrogen-bond donors (Lipinski definition) is 1. The predicted octanol–water partition coefficient (Wildman–Crippen LogP) is 5.58. The van der Waals surface area contributed by atoms with Crippen LogP contribution in [0, 0.1) is 6.92 Å². The third-order valence-corrected chi connectivity index (χ3v) is 6.36. The minimum absolute atomic E-state index is 0.110. The van der Waals surface area contributed by atoms with Crippen LogP contribution >= 0.6 is 23.2 Å². The molecule has 1 aliphatic carbocycles. The largest absolute Gasteiger partial charge is 0.328 e. The lowest BCUT2D eigenvalue weighted by Gasteiger charge is -2.32. The van der Waals surface area contributed by atoms with Crippen LogP contribution in [0.15, 0.2) is 53.7 Å². The number of halogens is 2. The van der Waals surface area contributed by atoms with Gasteiger partial charge < -0.3 is 5.32 Å². The van der Waals surface area contributed by atoms with Crippen LogP contribution in [-0.4, -0.2) is 20.5 Å². The van der Waals surface area contributed by atoms with E-state index >= 15 is 0 Å². The molecule has 0 fully saturated rings. The van der Waals surface area contributed by atoms with E-state index in [2.05, 4.69) is 5.32 Å². The third-order valence-electron chi connectivity index (χ3n) is 5.53. The molecule has 1 aliphatic heterocycles. The summed E-state index contributed by atoms with van der Waals surface area (Å²) in [5.74, 6) is 1.33. The SMILES string of the molecule is Cc1ccccc1-c1nc2n(n1)C(c1cccc(Cl)c1Cl)C1=C(CCCC1=O)N2. The van der Waals surface area contributed by atoms with E-state index in [1.807, 2.05) is 43.3 Å². The van der Waals surface area contributed by atoms with Gasteiger partial charge >= 0.3 is 0 Å². The smallest absolute Gasteiger partial charge is 0.226 e. The van der Waals surface area contributed by atoms with Gasteiger partial charge in [0.25, 0.3) is 0 Å². The van der Waals surface area contributed by atoms with Crippen LogP contribution in [0.3, 0.4) is 0 Å². The first-order valence-corrected chi connectivity index (χ1v) is 10.3. The highest BCUT2D eigenvalue weighted by molar-refractivity contribution is 6.42. The molecule has 0 spiro atoms. The molecule has 2 aromatic carbocycles. The van der Waals surface area contributed by atoms with Gasteiger partial charge in [-0.25, -0.2) is 4.68 Å². The van der Waals surface area contributed by atoms with E-state index in [4.69, 9.17) is 33.3 Å². The number of carbonyl (C=O) groups excluding carboxylic acids is 1. The van der Waals surface area contributed by atoms with Crippen molar-refractivity contribution in [1.82, 2.24) is 14.8 Å². The molecule has 0 amide bonds. The molecule has 29 heavy (non-hydrogen) atoms. The Hall–Kier alpha value is -2.63. The molecule has 146 valence electrons. The summed E-state index contributed by atoms with van der Waals surface area (Å²) >= 11 is 12.9. The van der Waals surface area contributed by atoms with Crippen molar-refractivity contribution in [2.45, 2.75) is 32.2 Å². The Kier molecular flexibility index (Phi) is 4.45. The molecular weight excluding hydrogens is 407 g/mol. The normalized spacial score (nSPS) is 18.3. The average molecular weight is 425 g/mol. The Morgan fingerprint density at radius 3 is 2.76 bits per heavy atom. The highest BCUT2D eigenvalue weighted by Crippen LogP contribution is 2.43. The number of nitrogens with one attached hydrogen (secondary N) is 1. The van der Waals surface area contributed by atoms with Crippen LogP contribution in [-0.2, 0) is 4.79 Å². The lowest BCUT2D eigenvalue weighted by molar-refractivity contribution is -0.116. The summed E-state index contributed by atoms with van der Waals surface area (Å²) in [6, 6.07) is 13.0. The number of Topliss-reactive ketones (excluding diaryl/α,β-unsaturated/α-hetero) is 1. The second-order valence-electron chi connectivity index (χ2n) is 7.36. The van der Waals surface area contributed by atoms with Crippen molar-refractivity contribution in [1.29, 1.82) is 0 Å². The molecule has 1 unspecified atom stereocenters. The second-order valence-corrected chi connectivity index (χ2v) is 8.14. The molecule has 0 saturated carbocycles. The van der Waals surface area contributed by atoms with Crippen LogP contribution in [0.2, 0.25) is 10.0 Å². The van der Waals surface area contributed by atoms with Crippen LogP contribution in [0.25, 0.3) is 11.4 Å². The van der Waals surface area contributed by atoms with Gasteiger partial charge in [0.1, 0.15) is 6.04 Å². The van der Waals surface area contributed by atoms with Gasteiger partial charge in [0.15, 0.2) is 11.6 Å². The third kappa shape index (κ3) is 2.96. The number of rotatable bonds is 2. The van der Waals surface area contributed by atoms with E-state index in [9.17, 15) is 4.79 Å². The number of ketones is 1. The number of aryl methyl sites for hydroxylation is 1. The lowest BCUT2D eigenvalue weighted by Crippen LogP contribution is -2.31. The van der Waals surface area contributed by atoms with E-state index < -0.39 is 6.04 Å². The Balaban J connectivity index is 1.73. The summed E-state index contributed by atoms with van der Waals surface area (Å²) in [6.07, 6.45) is 2.13. The number of nitrogens with zero attached hydrogens (tertiary/aromatic N) is 3. The number of anilines is 1. The van der Waals surface area contributed by atoms with Crippen LogP contribution < -0.4 is 5.32 Å². The molecule has 0 saturated heterocycles. The zero-order valence-electron chi connectivity index (χ0n) is 15.7. The molecule has 3 aromatic rings. The Bertz CT molecular complexity index is 1180. The minimum atomic E-state index is -0.453. The number of aromatic nitrogens is 3. The highest BCUT2D eigenvalue weighted by atomic mass is 35.5. The van der Waals surface area contributed by atoms with Gasteiger partial charge in [-0.2, -0.15) is 4.98 Å². The number of fused-ring (bicyclic) bond motifs is 1. The Morgan fingerprint density at radius 2 is 1.93 bits per heavy atom. The average Bonchev–Trinajstić information content (AvgIpc) is 3.13. The van der Waals surface area contributed by atoms with Crippen molar-refractivity contribution in [2.24, 2.45) is 0 Å². The molecule has 0 radical (unpaired) electrons. The molecule has 5 nitrogen and oxygen atoms in total. The van der Waals surface area contributed by atoms with Gasteiger partial charge in [0.2, 0.25) is 5.95 Å². The summed E-state index contributed by atoms with van der Waals surface area (Å²) < 4.78 is 1.77. The van der Waals surface area contributed by atoms with Crippen LogP contribution in [0.4, 0.5) is 5.95 Å². The standard InChI is InChI=1S/C22H18Cl2N4O/c1-12-6-2-3-7-13(12)21-26-22-25-16-10-5-11-17(29)18(16)20(28(22)27-21)14-8-4-9-15(23)19(14)24/h2-4,6-9,20H,5,10-11H2,1H3,(H,25,26,27). The van der Waals surface area contributed by atoms with Crippen molar-refractivity contribution < 1.29 is 4.79 Å². The molecule has 7 heteroatoms. The number of carbonyl (C=O) groups is 1. The molecule has 0 bridgehead atoms. The van der Waals surface area contributed by atoms with Crippen molar-refractivity contribution >= 4 is 34.9 Å². The van der Waals surface area contributed by atoms with Crippen LogP contribution in [0.1, 0.15) is 36.4 Å². The van der Waals surface area contributed by atoms with Crippen molar-refractivity contribution in [2.75, 3.05) is 5.32 Å². The van der Waals surface area contributed by atoms with E-state index in [0.29, 0.717) is 33.8 Å². The zero-order valence-corrected chi connectivity index (χ0v) is 17.3. The van der Waals surface area contributed by atoms with Crippen LogP contribution in [0.5, 0.6) is 0 Å². The number of benzene rings is 2. The second kappa shape index (κ2) is 7.01. The van der Waals surface area contributed by atoms with E-state index in [1.54, 1.807) is 10.7 Å². The monoisotopic (exact) mass is 424 g/mol. The Labute approximate surface area is 178 Å². The molecule has 1 N–H and O–H groups in total. The molecule has 1 atom stereocenters. The van der Waals surface area contributed by atoms with Gasteiger partial charge in [0.05, 0.1) is 10.0 Å². The van der Waals surface area contributed by atoms with Crippen molar-refractivity contribution in [3.8, 4) is 11.4 Å². The zero-order chi connectivity index (χ0) is 20.1. The van der Waals surface area contributed by atoms with E-state index in [0.717, 1.165) is 35.2 Å². The number of allylic oxidation sites excluding steroid dienone is 2. The van der Waals surface area contributed by atoms with Crippen molar-refractivity contribution in [3.05, 3.63) is 74.9 Å². The topological polar surface area (TPSA) is 59.8 Å². The summed E-state index contributed by atoms with van der Waals surface area (Å²) in [5.41, 5.74) is 4.40.